The van der Waals surface area contributed by atoms with Gasteiger partial charge in [0.2, 0.25) is 0 Å². The fourth-order valence-electron chi connectivity index (χ4n) is 2.35. The molecule has 0 aliphatic heterocycles. The minimum Gasteiger partial charge on any atom is -0.478 e. The van der Waals surface area contributed by atoms with Crippen molar-refractivity contribution in [2.75, 3.05) is 0 Å². The first-order chi connectivity index (χ1) is 9.79. The molecule has 2 aromatic carbocycles. The lowest BCUT2D eigenvalue weighted by Gasteiger charge is -2.16. The van der Waals surface area contributed by atoms with Gasteiger partial charge in [-0.05, 0) is 30.7 Å². The molecule has 3 heteroatoms. The molecule has 20 heavy (non-hydrogen) atoms. The molecule has 100 valence electrons. The van der Waals surface area contributed by atoms with Gasteiger partial charge in [0.05, 0.1) is 0 Å². The van der Waals surface area contributed by atoms with E-state index >= 15 is 0 Å². The highest BCUT2D eigenvalue weighted by atomic mass is 16.5. The van der Waals surface area contributed by atoms with Gasteiger partial charge < -0.3 is 9.72 Å². The van der Waals surface area contributed by atoms with Gasteiger partial charge in [-0.3, -0.25) is 4.79 Å². The van der Waals surface area contributed by atoms with E-state index in [-0.39, 0.29) is 0 Å². The zero-order chi connectivity index (χ0) is 13.9. The third-order valence-corrected chi connectivity index (χ3v) is 3.41. The van der Waals surface area contributed by atoms with Gasteiger partial charge in [-0.25, -0.2) is 0 Å². The summed E-state index contributed by atoms with van der Waals surface area (Å²) in [7, 11) is 0. The van der Waals surface area contributed by atoms with Crippen LogP contribution in [0.15, 0.2) is 54.7 Å². The fraction of sp³-hybridized carbons (Fsp3) is 0.118. The zero-order valence-corrected chi connectivity index (χ0v) is 11.2. The van der Waals surface area contributed by atoms with Crippen molar-refractivity contribution in [3.05, 3.63) is 65.9 Å². The van der Waals surface area contributed by atoms with Gasteiger partial charge in [-0.15, -0.1) is 0 Å². The quantitative estimate of drug-likeness (QED) is 0.729. The third-order valence-electron chi connectivity index (χ3n) is 3.41. The molecule has 1 atom stereocenters. The molecule has 3 nitrogen and oxygen atoms in total. The number of aromatic nitrogens is 1. The van der Waals surface area contributed by atoms with Crippen LogP contribution in [-0.4, -0.2) is 11.3 Å². The summed E-state index contributed by atoms with van der Waals surface area (Å²) in [5, 5.41) is 1.01. The van der Waals surface area contributed by atoms with Crippen molar-refractivity contribution in [2.24, 2.45) is 0 Å². The Hall–Kier alpha value is -2.55. The van der Waals surface area contributed by atoms with E-state index in [1.165, 1.54) is 0 Å². The molecule has 0 saturated carbocycles. The topological polar surface area (TPSA) is 42.1 Å². The van der Waals surface area contributed by atoms with Crippen LogP contribution in [0.1, 0.15) is 17.2 Å². The predicted octanol–water partition coefficient (Wildman–Crippen LogP) is 3.80. The molecule has 3 rings (SSSR count). The average molecular weight is 265 g/mol. The van der Waals surface area contributed by atoms with E-state index in [1.54, 1.807) is 0 Å². The number of fused-ring (bicyclic) bond motifs is 1. The summed E-state index contributed by atoms with van der Waals surface area (Å²) in [6.07, 6.45) is 2.11. The molecule has 0 radical (unpaired) electrons. The van der Waals surface area contributed by atoms with Crippen molar-refractivity contribution in [3.63, 3.8) is 0 Å². The second-order valence-electron chi connectivity index (χ2n) is 4.73. The summed E-state index contributed by atoms with van der Waals surface area (Å²) < 4.78 is 5.88. The molecule has 3 aromatic rings. The Morgan fingerprint density at radius 2 is 1.95 bits per heavy atom. The maximum Gasteiger partial charge on any atom is 0.179 e. The standard InChI is InChI=1S/C17H15NO2/c1-12-5-2-3-8-16(12)20-17(11-19)14-6-4-7-15-13(14)9-10-18-15/h2-11,17-18H,1H3. The van der Waals surface area contributed by atoms with Crippen LogP contribution in [0.4, 0.5) is 0 Å². The number of hydrogen-bond acceptors (Lipinski definition) is 2. The first-order valence-corrected chi connectivity index (χ1v) is 6.53. The number of aldehydes is 1. The van der Waals surface area contributed by atoms with Crippen LogP contribution in [0.3, 0.4) is 0 Å². The van der Waals surface area contributed by atoms with Crippen molar-refractivity contribution in [2.45, 2.75) is 13.0 Å². The largest absolute Gasteiger partial charge is 0.478 e. The summed E-state index contributed by atoms with van der Waals surface area (Å²) in [5.41, 5.74) is 2.89. The van der Waals surface area contributed by atoms with Crippen LogP contribution in [0.5, 0.6) is 5.75 Å². The molecular weight excluding hydrogens is 250 g/mol. The van der Waals surface area contributed by atoms with Crippen LogP contribution in [-0.2, 0) is 4.79 Å². The summed E-state index contributed by atoms with van der Waals surface area (Å²) in [6, 6.07) is 15.5. The molecule has 0 bridgehead atoms. The number of para-hydroxylation sites is 1. The number of carbonyl (C=O) groups is 1. The van der Waals surface area contributed by atoms with Crippen LogP contribution in [0.2, 0.25) is 0 Å². The number of H-pyrrole nitrogens is 1. The lowest BCUT2D eigenvalue weighted by Crippen LogP contribution is -2.10. The van der Waals surface area contributed by atoms with Crippen LogP contribution in [0, 0.1) is 6.92 Å². The summed E-state index contributed by atoms with van der Waals surface area (Å²) in [5.74, 6) is 0.733. The van der Waals surface area contributed by atoms with Gasteiger partial charge in [0.25, 0.3) is 0 Å². The van der Waals surface area contributed by atoms with Crippen molar-refractivity contribution >= 4 is 17.2 Å². The molecule has 0 amide bonds. The predicted molar refractivity (Wildman–Crippen MR) is 78.9 cm³/mol. The van der Waals surface area contributed by atoms with E-state index in [0.717, 1.165) is 34.1 Å². The normalized spacial score (nSPS) is 12.2. The highest BCUT2D eigenvalue weighted by Gasteiger charge is 2.16. The van der Waals surface area contributed by atoms with E-state index in [1.807, 2.05) is 61.7 Å². The van der Waals surface area contributed by atoms with E-state index in [9.17, 15) is 4.79 Å². The molecule has 1 N–H and O–H groups in total. The molecule has 0 aliphatic rings. The van der Waals surface area contributed by atoms with E-state index in [2.05, 4.69) is 4.98 Å². The number of hydrogen-bond donors (Lipinski definition) is 1. The molecule has 0 fully saturated rings. The Labute approximate surface area is 117 Å². The Morgan fingerprint density at radius 3 is 2.75 bits per heavy atom. The van der Waals surface area contributed by atoms with Crippen LogP contribution < -0.4 is 4.74 Å². The summed E-state index contributed by atoms with van der Waals surface area (Å²) in [4.78, 5) is 14.6. The minimum atomic E-state index is -0.601. The SMILES string of the molecule is Cc1ccccc1OC(C=O)c1cccc2[nH]ccc12. The molecular formula is C17H15NO2. The number of carbonyl (C=O) groups excluding carboxylic acids is 1. The maximum atomic E-state index is 11.5. The first kappa shape index (κ1) is 12.5. The highest BCUT2D eigenvalue weighted by Crippen LogP contribution is 2.28. The second kappa shape index (κ2) is 5.21. The molecule has 1 aromatic heterocycles. The number of aromatic amines is 1. The van der Waals surface area contributed by atoms with E-state index in [0.29, 0.717) is 0 Å². The average Bonchev–Trinajstić information content (AvgIpc) is 2.95. The number of aryl methyl sites for hydroxylation is 1. The third kappa shape index (κ3) is 2.18. The number of rotatable bonds is 4. The Kier molecular flexibility index (Phi) is 3.25. The monoisotopic (exact) mass is 265 g/mol. The van der Waals surface area contributed by atoms with Gasteiger partial charge in [0, 0.05) is 22.7 Å². The summed E-state index contributed by atoms with van der Waals surface area (Å²) >= 11 is 0. The van der Waals surface area contributed by atoms with Gasteiger partial charge in [-0.1, -0.05) is 30.3 Å². The van der Waals surface area contributed by atoms with Gasteiger partial charge in [-0.2, -0.15) is 0 Å². The molecule has 0 aliphatic carbocycles. The maximum absolute atomic E-state index is 11.5. The van der Waals surface area contributed by atoms with Gasteiger partial charge in [0.1, 0.15) is 5.75 Å². The van der Waals surface area contributed by atoms with Crippen molar-refractivity contribution in [3.8, 4) is 5.75 Å². The van der Waals surface area contributed by atoms with Crippen LogP contribution >= 0.6 is 0 Å². The Balaban J connectivity index is 2.00. The Bertz CT molecular complexity index is 745. The van der Waals surface area contributed by atoms with Crippen molar-refractivity contribution in [1.29, 1.82) is 0 Å². The molecule has 1 heterocycles. The number of ether oxygens (including phenoxy) is 1. The lowest BCUT2D eigenvalue weighted by atomic mass is 10.1. The lowest BCUT2D eigenvalue weighted by molar-refractivity contribution is -0.113. The van der Waals surface area contributed by atoms with Gasteiger partial charge >= 0.3 is 0 Å². The molecule has 0 spiro atoms. The number of benzene rings is 2. The smallest absolute Gasteiger partial charge is 0.179 e. The van der Waals surface area contributed by atoms with E-state index < -0.39 is 6.10 Å². The Morgan fingerprint density at radius 1 is 1.10 bits per heavy atom. The molecule has 0 saturated heterocycles. The van der Waals surface area contributed by atoms with Crippen molar-refractivity contribution < 1.29 is 9.53 Å². The first-order valence-electron chi connectivity index (χ1n) is 6.53. The molecule has 1 unspecified atom stereocenters. The van der Waals surface area contributed by atoms with Crippen LogP contribution in [0.25, 0.3) is 10.9 Å². The second-order valence-corrected chi connectivity index (χ2v) is 4.73. The fourth-order valence-corrected chi connectivity index (χ4v) is 2.35. The zero-order valence-electron chi connectivity index (χ0n) is 11.2. The van der Waals surface area contributed by atoms with Gasteiger partial charge in [0.15, 0.2) is 12.4 Å². The minimum absolute atomic E-state index is 0.601. The van der Waals surface area contributed by atoms with E-state index in [4.69, 9.17) is 4.74 Å². The summed E-state index contributed by atoms with van der Waals surface area (Å²) in [6.45, 7) is 1.97. The number of nitrogens with one attached hydrogen (secondary N) is 1. The highest BCUT2D eigenvalue weighted by molar-refractivity contribution is 5.86. The van der Waals surface area contributed by atoms with Crippen molar-refractivity contribution in [1.82, 2.24) is 4.98 Å².